The summed E-state index contributed by atoms with van der Waals surface area (Å²) < 4.78 is 0. The van der Waals surface area contributed by atoms with Gasteiger partial charge in [-0.25, -0.2) is 0 Å². The van der Waals surface area contributed by atoms with Gasteiger partial charge in [-0.2, -0.15) is 0 Å². The normalized spacial score (nSPS) is 13.7. The molecule has 0 aliphatic rings. The van der Waals surface area contributed by atoms with Crippen molar-refractivity contribution in [1.29, 1.82) is 0 Å². The summed E-state index contributed by atoms with van der Waals surface area (Å²) in [7, 11) is 0. The van der Waals surface area contributed by atoms with Gasteiger partial charge in [0.05, 0.1) is 12.5 Å². The number of carbonyl (C=O) groups is 6. The highest BCUT2D eigenvalue weighted by Crippen LogP contribution is 2.04. The van der Waals surface area contributed by atoms with Crippen LogP contribution in [0.25, 0.3) is 0 Å². The van der Waals surface area contributed by atoms with Gasteiger partial charge in [0.1, 0.15) is 18.6 Å². The standard InChI is InChI=1S/C16H28N6O7/c1-7(2)13(16(29)20-6-12(25)26)22-15(28)9(5-11(19)24)21-14(27)8(17)3-4-10(18)23/h7-9,13H,3-6,17H2,1-2H3,(H2,18,23)(H2,19,24)(H,20,29)(H,21,27)(H,22,28)(H,25,26). The first-order valence-corrected chi connectivity index (χ1v) is 8.77. The van der Waals surface area contributed by atoms with Gasteiger partial charge >= 0.3 is 5.97 Å². The second kappa shape index (κ2) is 12.3. The molecule has 0 saturated heterocycles. The minimum Gasteiger partial charge on any atom is -0.480 e. The lowest BCUT2D eigenvalue weighted by Gasteiger charge is -2.25. The van der Waals surface area contributed by atoms with Crippen molar-refractivity contribution in [2.45, 2.75) is 51.2 Å². The van der Waals surface area contributed by atoms with Crippen LogP contribution >= 0.6 is 0 Å². The Morgan fingerprint density at radius 1 is 0.897 bits per heavy atom. The summed E-state index contributed by atoms with van der Waals surface area (Å²) >= 11 is 0. The van der Waals surface area contributed by atoms with Gasteiger partial charge < -0.3 is 38.3 Å². The number of aliphatic carboxylic acids is 1. The van der Waals surface area contributed by atoms with Gasteiger partial charge in [-0.1, -0.05) is 13.8 Å². The predicted molar refractivity (Wildman–Crippen MR) is 99.6 cm³/mol. The van der Waals surface area contributed by atoms with Crippen LogP contribution in [-0.4, -0.2) is 65.3 Å². The molecule has 5 amide bonds. The van der Waals surface area contributed by atoms with Crippen molar-refractivity contribution < 1.29 is 33.9 Å². The monoisotopic (exact) mass is 416 g/mol. The van der Waals surface area contributed by atoms with Gasteiger partial charge in [-0.05, 0) is 12.3 Å². The molecule has 0 aliphatic heterocycles. The topological polar surface area (TPSA) is 237 Å². The molecular formula is C16H28N6O7. The number of primary amides is 2. The van der Waals surface area contributed by atoms with E-state index in [9.17, 15) is 28.8 Å². The molecule has 0 bridgehead atoms. The highest BCUT2D eigenvalue weighted by Gasteiger charge is 2.30. The van der Waals surface area contributed by atoms with Crippen molar-refractivity contribution in [3.05, 3.63) is 0 Å². The second-order valence-electron chi connectivity index (χ2n) is 6.68. The number of hydrogen-bond acceptors (Lipinski definition) is 7. The molecule has 164 valence electrons. The van der Waals surface area contributed by atoms with Gasteiger partial charge in [0.25, 0.3) is 0 Å². The highest BCUT2D eigenvalue weighted by atomic mass is 16.4. The lowest BCUT2D eigenvalue weighted by molar-refractivity contribution is -0.139. The summed E-state index contributed by atoms with van der Waals surface area (Å²) in [5, 5.41) is 15.4. The largest absolute Gasteiger partial charge is 0.480 e. The van der Waals surface area contributed by atoms with Crippen LogP contribution in [0.1, 0.15) is 33.1 Å². The fourth-order valence-electron chi connectivity index (χ4n) is 2.18. The lowest BCUT2D eigenvalue weighted by Crippen LogP contribution is -2.58. The number of rotatable bonds is 13. The first-order valence-electron chi connectivity index (χ1n) is 8.77. The summed E-state index contributed by atoms with van der Waals surface area (Å²) in [5.41, 5.74) is 15.7. The average Bonchev–Trinajstić information content (AvgIpc) is 2.60. The van der Waals surface area contributed by atoms with Crippen LogP contribution in [-0.2, 0) is 28.8 Å². The van der Waals surface area contributed by atoms with Gasteiger partial charge in [0, 0.05) is 6.42 Å². The van der Waals surface area contributed by atoms with Gasteiger partial charge in [-0.3, -0.25) is 28.8 Å². The fraction of sp³-hybridized carbons (Fsp3) is 0.625. The smallest absolute Gasteiger partial charge is 0.322 e. The van der Waals surface area contributed by atoms with E-state index >= 15 is 0 Å². The summed E-state index contributed by atoms with van der Waals surface area (Å²) in [5.74, 6) is -5.71. The Labute approximate surface area is 167 Å². The first-order chi connectivity index (χ1) is 13.3. The third-order valence-corrected chi connectivity index (χ3v) is 3.74. The molecule has 3 unspecified atom stereocenters. The summed E-state index contributed by atoms with van der Waals surface area (Å²) in [6.07, 6.45) is -0.791. The van der Waals surface area contributed by atoms with Crippen molar-refractivity contribution in [3.63, 3.8) is 0 Å². The number of hydrogen-bond donors (Lipinski definition) is 7. The van der Waals surface area contributed by atoms with E-state index in [0.717, 1.165) is 0 Å². The quantitative estimate of drug-likeness (QED) is 0.157. The Morgan fingerprint density at radius 3 is 1.93 bits per heavy atom. The number of nitrogens with one attached hydrogen (secondary N) is 3. The average molecular weight is 416 g/mol. The maximum atomic E-state index is 12.5. The van der Waals surface area contributed by atoms with Crippen molar-refractivity contribution >= 4 is 35.5 Å². The molecule has 0 saturated carbocycles. The number of amides is 5. The molecule has 0 aromatic rings. The summed E-state index contributed by atoms with van der Waals surface area (Å²) in [6.45, 7) is 2.56. The third-order valence-electron chi connectivity index (χ3n) is 3.74. The van der Waals surface area contributed by atoms with Gasteiger partial charge in [-0.15, -0.1) is 0 Å². The van der Waals surface area contributed by atoms with Crippen LogP contribution in [0, 0.1) is 5.92 Å². The number of nitrogens with two attached hydrogens (primary N) is 3. The van der Waals surface area contributed by atoms with Crippen molar-refractivity contribution in [2.75, 3.05) is 6.54 Å². The van der Waals surface area contributed by atoms with E-state index in [1.165, 1.54) is 0 Å². The van der Waals surface area contributed by atoms with E-state index in [2.05, 4.69) is 16.0 Å². The Hall–Kier alpha value is -3.22. The number of carboxylic acids is 1. The van der Waals surface area contributed by atoms with Crippen molar-refractivity contribution in [1.82, 2.24) is 16.0 Å². The Bertz CT molecular complexity index is 652. The van der Waals surface area contributed by atoms with Gasteiger partial charge in [0.15, 0.2) is 0 Å². The highest BCUT2D eigenvalue weighted by molar-refractivity contribution is 5.96. The maximum Gasteiger partial charge on any atom is 0.322 e. The van der Waals surface area contributed by atoms with Crippen molar-refractivity contribution in [2.24, 2.45) is 23.1 Å². The molecule has 0 heterocycles. The first kappa shape index (κ1) is 25.8. The zero-order valence-corrected chi connectivity index (χ0v) is 16.3. The molecule has 0 aromatic carbocycles. The van der Waals surface area contributed by atoms with Gasteiger partial charge in [0.2, 0.25) is 29.5 Å². The van der Waals surface area contributed by atoms with Crippen LogP contribution < -0.4 is 33.2 Å². The lowest BCUT2D eigenvalue weighted by atomic mass is 10.0. The van der Waals surface area contributed by atoms with Crippen LogP contribution in [0.3, 0.4) is 0 Å². The minimum atomic E-state index is -1.42. The zero-order chi connectivity index (χ0) is 22.7. The summed E-state index contributed by atoms with van der Waals surface area (Å²) in [4.78, 5) is 69.4. The molecule has 13 nitrogen and oxygen atoms in total. The maximum absolute atomic E-state index is 12.5. The van der Waals surface area contributed by atoms with E-state index in [4.69, 9.17) is 22.3 Å². The second-order valence-corrected chi connectivity index (χ2v) is 6.68. The molecule has 3 atom stereocenters. The van der Waals surface area contributed by atoms with Crippen molar-refractivity contribution in [3.8, 4) is 0 Å². The molecule has 0 aromatic heterocycles. The molecule has 0 fully saturated rings. The molecule has 0 radical (unpaired) electrons. The van der Waals surface area contributed by atoms with Crippen LogP contribution in [0.4, 0.5) is 0 Å². The van der Waals surface area contributed by atoms with E-state index in [-0.39, 0.29) is 12.8 Å². The Kier molecular flexibility index (Phi) is 10.9. The van der Waals surface area contributed by atoms with Crippen LogP contribution in [0.5, 0.6) is 0 Å². The SMILES string of the molecule is CC(C)C(NC(=O)C(CC(N)=O)NC(=O)C(N)CCC(N)=O)C(=O)NCC(=O)O. The van der Waals surface area contributed by atoms with E-state index < -0.39 is 72.5 Å². The summed E-state index contributed by atoms with van der Waals surface area (Å²) in [6, 6.07) is -3.71. The molecule has 29 heavy (non-hydrogen) atoms. The number of carbonyl (C=O) groups excluding carboxylic acids is 5. The molecule has 0 rings (SSSR count). The Morgan fingerprint density at radius 2 is 1.48 bits per heavy atom. The number of carboxylic acid groups (broad SMARTS) is 1. The Balaban J connectivity index is 5.18. The zero-order valence-electron chi connectivity index (χ0n) is 16.3. The van der Waals surface area contributed by atoms with E-state index in [0.29, 0.717) is 0 Å². The van der Waals surface area contributed by atoms with Crippen LogP contribution in [0.2, 0.25) is 0 Å². The molecule has 0 spiro atoms. The van der Waals surface area contributed by atoms with E-state index in [1.54, 1.807) is 13.8 Å². The molecular weight excluding hydrogens is 388 g/mol. The molecule has 10 N–H and O–H groups in total. The fourth-order valence-corrected chi connectivity index (χ4v) is 2.18. The minimum absolute atomic E-state index is 0.0711. The van der Waals surface area contributed by atoms with Crippen LogP contribution in [0.15, 0.2) is 0 Å². The molecule has 13 heteroatoms. The molecule has 0 aliphatic carbocycles. The predicted octanol–water partition coefficient (Wildman–Crippen LogP) is -3.72. The third kappa shape index (κ3) is 10.6. The van der Waals surface area contributed by atoms with E-state index in [1.807, 2.05) is 0 Å².